The topological polar surface area (TPSA) is 102 Å². The molecular weight excluding hydrogens is 284 g/mol. The molecule has 0 aliphatic rings. The number of nitrogen functional groups attached to an aromatic ring is 1. The van der Waals surface area contributed by atoms with Gasteiger partial charge in [-0.2, -0.15) is 5.10 Å². The van der Waals surface area contributed by atoms with Crippen molar-refractivity contribution in [3.63, 3.8) is 0 Å². The number of aromatic nitrogens is 2. The molecule has 0 aliphatic carbocycles. The van der Waals surface area contributed by atoms with Crippen molar-refractivity contribution >= 4 is 5.91 Å². The third kappa shape index (κ3) is 3.63. The smallest absolute Gasteiger partial charge is 0.283 e. The molecule has 2 aromatic rings. The van der Waals surface area contributed by atoms with Crippen molar-refractivity contribution in [1.82, 2.24) is 15.6 Å². The van der Waals surface area contributed by atoms with Gasteiger partial charge >= 0.3 is 0 Å². The molecule has 0 saturated carbocycles. The fourth-order valence-corrected chi connectivity index (χ4v) is 2.04. The highest BCUT2D eigenvalue weighted by Gasteiger charge is 2.15. The SMILES string of the molecule is CCOCCOc1ccc(-c2n[nH]c(C(=O)NN)c2C)cc1. The molecule has 2 rings (SSSR count). The Morgan fingerprint density at radius 1 is 1.32 bits per heavy atom. The van der Waals surface area contributed by atoms with E-state index in [1.165, 1.54) is 0 Å². The molecule has 0 unspecified atom stereocenters. The first-order valence-electron chi connectivity index (χ1n) is 7.04. The number of hydrogen-bond acceptors (Lipinski definition) is 5. The summed E-state index contributed by atoms with van der Waals surface area (Å²) in [5, 5.41) is 6.87. The van der Waals surface area contributed by atoms with Crippen LogP contribution in [0.1, 0.15) is 23.0 Å². The van der Waals surface area contributed by atoms with E-state index in [4.69, 9.17) is 15.3 Å². The summed E-state index contributed by atoms with van der Waals surface area (Å²) in [6.45, 7) is 5.51. The zero-order chi connectivity index (χ0) is 15.9. The Hall–Kier alpha value is -2.38. The highest BCUT2D eigenvalue weighted by molar-refractivity contribution is 5.94. The molecule has 1 amide bonds. The average molecular weight is 304 g/mol. The van der Waals surface area contributed by atoms with Crippen molar-refractivity contribution in [2.75, 3.05) is 19.8 Å². The van der Waals surface area contributed by atoms with Crippen molar-refractivity contribution in [3.8, 4) is 17.0 Å². The van der Waals surface area contributed by atoms with Crippen LogP contribution >= 0.6 is 0 Å². The number of H-pyrrole nitrogens is 1. The van der Waals surface area contributed by atoms with Crippen molar-refractivity contribution in [2.24, 2.45) is 5.84 Å². The van der Waals surface area contributed by atoms with Gasteiger partial charge in [-0.1, -0.05) is 0 Å². The van der Waals surface area contributed by atoms with E-state index in [1.54, 1.807) is 0 Å². The fourth-order valence-electron chi connectivity index (χ4n) is 2.04. The summed E-state index contributed by atoms with van der Waals surface area (Å²) < 4.78 is 10.8. The highest BCUT2D eigenvalue weighted by atomic mass is 16.5. The molecule has 0 spiro atoms. The summed E-state index contributed by atoms with van der Waals surface area (Å²) in [4.78, 5) is 11.6. The molecule has 0 bridgehead atoms. The van der Waals surface area contributed by atoms with E-state index >= 15 is 0 Å². The lowest BCUT2D eigenvalue weighted by Gasteiger charge is -2.07. The van der Waals surface area contributed by atoms with Gasteiger partial charge in [0.1, 0.15) is 18.1 Å². The van der Waals surface area contributed by atoms with Crippen molar-refractivity contribution in [2.45, 2.75) is 13.8 Å². The van der Waals surface area contributed by atoms with Gasteiger partial charge in [-0.3, -0.25) is 15.3 Å². The molecule has 0 fully saturated rings. The Kier molecular flexibility index (Phi) is 5.51. The van der Waals surface area contributed by atoms with E-state index < -0.39 is 5.91 Å². The molecule has 1 heterocycles. The molecular formula is C15H20N4O3. The monoisotopic (exact) mass is 304 g/mol. The number of hydrogen-bond donors (Lipinski definition) is 3. The van der Waals surface area contributed by atoms with Crippen LogP contribution < -0.4 is 16.0 Å². The first-order chi connectivity index (χ1) is 10.7. The molecule has 22 heavy (non-hydrogen) atoms. The molecule has 1 aromatic heterocycles. The molecule has 0 radical (unpaired) electrons. The number of carbonyl (C=O) groups is 1. The van der Waals surface area contributed by atoms with E-state index in [1.807, 2.05) is 38.1 Å². The zero-order valence-corrected chi connectivity index (χ0v) is 12.7. The molecule has 0 saturated heterocycles. The summed E-state index contributed by atoms with van der Waals surface area (Å²) in [6, 6.07) is 7.50. The number of rotatable bonds is 7. The summed E-state index contributed by atoms with van der Waals surface area (Å²) in [5.41, 5.74) is 4.79. The molecule has 0 atom stereocenters. The van der Waals surface area contributed by atoms with Crippen LogP contribution in [-0.4, -0.2) is 35.9 Å². The van der Waals surface area contributed by atoms with E-state index in [0.717, 1.165) is 16.9 Å². The number of ether oxygens (including phenoxy) is 2. The lowest BCUT2D eigenvalue weighted by molar-refractivity contribution is 0.0948. The first kappa shape index (κ1) is 16.0. The number of aromatic amines is 1. The Bertz CT molecular complexity index is 622. The number of nitrogens with two attached hydrogens (primary N) is 1. The maximum absolute atomic E-state index is 11.6. The van der Waals surface area contributed by atoms with Gasteiger partial charge in [0.15, 0.2) is 0 Å². The Morgan fingerprint density at radius 3 is 2.68 bits per heavy atom. The van der Waals surface area contributed by atoms with E-state index in [9.17, 15) is 4.79 Å². The standard InChI is InChI=1S/C15H20N4O3/c1-3-21-8-9-22-12-6-4-11(5-7-12)13-10(2)14(19-18-13)15(20)17-16/h4-7H,3,8-9,16H2,1-2H3,(H,17,20)(H,18,19). The van der Waals surface area contributed by atoms with Crippen LogP contribution in [0.3, 0.4) is 0 Å². The highest BCUT2D eigenvalue weighted by Crippen LogP contribution is 2.25. The second kappa shape index (κ2) is 7.58. The van der Waals surface area contributed by atoms with E-state index in [-0.39, 0.29) is 0 Å². The van der Waals surface area contributed by atoms with Crippen LogP contribution in [-0.2, 0) is 4.74 Å². The molecule has 118 valence electrons. The van der Waals surface area contributed by atoms with E-state index in [2.05, 4.69) is 15.6 Å². The Balaban J connectivity index is 2.07. The minimum absolute atomic E-state index is 0.356. The van der Waals surface area contributed by atoms with Gasteiger partial charge in [0.25, 0.3) is 5.91 Å². The van der Waals surface area contributed by atoms with Gasteiger partial charge in [-0.05, 0) is 38.1 Å². The maximum atomic E-state index is 11.6. The fraction of sp³-hybridized carbons (Fsp3) is 0.333. The summed E-state index contributed by atoms with van der Waals surface area (Å²) in [6.07, 6.45) is 0. The van der Waals surface area contributed by atoms with Crippen LogP contribution in [0.4, 0.5) is 0 Å². The number of amides is 1. The maximum Gasteiger partial charge on any atom is 0.283 e. The number of nitrogens with one attached hydrogen (secondary N) is 2. The van der Waals surface area contributed by atoms with Crippen molar-refractivity contribution < 1.29 is 14.3 Å². The summed E-state index contributed by atoms with van der Waals surface area (Å²) in [5.74, 6) is 5.50. The third-order valence-electron chi connectivity index (χ3n) is 3.20. The number of hydrazine groups is 1. The lowest BCUT2D eigenvalue weighted by atomic mass is 10.1. The number of carbonyl (C=O) groups excluding carboxylic acids is 1. The van der Waals surface area contributed by atoms with Crippen molar-refractivity contribution in [1.29, 1.82) is 0 Å². The first-order valence-corrected chi connectivity index (χ1v) is 7.04. The Morgan fingerprint density at radius 2 is 2.05 bits per heavy atom. The molecule has 0 aliphatic heterocycles. The van der Waals surface area contributed by atoms with Gasteiger partial charge in [0.05, 0.1) is 12.3 Å². The average Bonchev–Trinajstić information content (AvgIpc) is 2.93. The summed E-state index contributed by atoms with van der Waals surface area (Å²) in [7, 11) is 0. The van der Waals surface area contributed by atoms with Gasteiger partial charge in [-0.15, -0.1) is 0 Å². The second-order valence-electron chi connectivity index (χ2n) is 4.62. The minimum atomic E-state index is -0.396. The second-order valence-corrected chi connectivity index (χ2v) is 4.62. The molecule has 7 heteroatoms. The van der Waals surface area contributed by atoms with Gasteiger partial charge < -0.3 is 9.47 Å². The van der Waals surface area contributed by atoms with Crippen LogP contribution in [0.25, 0.3) is 11.3 Å². The zero-order valence-electron chi connectivity index (χ0n) is 12.7. The van der Waals surface area contributed by atoms with Crippen LogP contribution in [0.2, 0.25) is 0 Å². The lowest BCUT2D eigenvalue weighted by Crippen LogP contribution is -2.30. The quantitative estimate of drug-likeness (QED) is 0.310. The predicted octanol–water partition coefficient (Wildman–Crippen LogP) is 1.40. The third-order valence-corrected chi connectivity index (χ3v) is 3.20. The predicted molar refractivity (Wildman–Crippen MR) is 82.4 cm³/mol. The van der Waals surface area contributed by atoms with Gasteiger partial charge in [-0.25, -0.2) is 5.84 Å². The van der Waals surface area contributed by atoms with E-state index in [0.29, 0.717) is 31.2 Å². The summed E-state index contributed by atoms with van der Waals surface area (Å²) >= 11 is 0. The Labute approximate surface area is 128 Å². The number of benzene rings is 1. The van der Waals surface area contributed by atoms with Gasteiger partial charge in [0, 0.05) is 17.7 Å². The number of nitrogens with zero attached hydrogens (tertiary/aromatic N) is 1. The largest absolute Gasteiger partial charge is 0.491 e. The minimum Gasteiger partial charge on any atom is -0.491 e. The van der Waals surface area contributed by atoms with Crippen LogP contribution in [0, 0.1) is 6.92 Å². The van der Waals surface area contributed by atoms with Crippen molar-refractivity contribution in [3.05, 3.63) is 35.5 Å². The van der Waals surface area contributed by atoms with Crippen LogP contribution in [0.15, 0.2) is 24.3 Å². The normalized spacial score (nSPS) is 10.5. The molecule has 7 nitrogen and oxygen atoms in total. The van der Waals surface area contributed by atoms with Crippen LogP contribution in [0.5, 0.6) is 5.75 Å². The molecule has 4 N–H and O–H groups in total. The molecule has 1 aromatic carbocycles. The van der Waals surface area contributed by atoms with Gasteiger partial charge in [0.2, 0.25) is 0 Å².